The minimum atomic E-state index is -3.57. The molecule has 0 atom stereocenters. The molecule has 0 aliphatic carbocycles. The molecule has 0 aliphatic rings. The van der Waals surface area contributed by atoms with E-state index in [1.165, 1.54) is 16.8 Å². The fraction of sp³-hybridized carbons (Fsp3) is 0.308. The normalized spacial score (nSPS) is 11.9. The molecule has 0 spiro atoms. The van der Waals surface area contributed by atoms with Gasteiger partial charge in [-0.3, -0.25) is 0 Å². The van der Waals surface area contributed by atoms with Crippen LogP contribution in [0.5, 0.6) is 0 Å². The molecule has 20 heavy (non-hydrogen) atoms. The Labute approximate surface area is 127 Å². The van der Waals surface area contributed by atoms with Gasteiger partial charge in [0.2, 0.25) is 0 Å². The van der Waals surface area contributed by atoms with Gasteiger partial charge in [-0.15, -0.1) is 0 Å². The van der Waals surface area contributed by atoms with Crippen LogP contribution < -0.4 is 0 Å². The molecule has 0 fully saturated rings. The van der Waals surface area contributed by atoms with Gasteiger partial charge in [-0.25, -0.2) is 13.4 Å². The van der Waals surface area contributed by atoms with Crippen molar-refractivity contribution in [3.8, 4) is 0 Å². The Hall–Kier alpha value is -1.18. The summed E-state index contributed by atoms with van der Waals surface area (Å²) in [6, 6.07) is 9.53. The zero-order valence-electron chi connectivity index (χ0n) is 11.1. The lowest BCUT2D eigenvalue weighted by molar-refractivity contribution is 0.424. The third-order valence-electron chi connectivity index (χ3n) is 2.82. The molecule has 108 valence electrons. The standard InChI is InChI=1S/C13H16BrN3O2S/c1-16-10-13(15-11-16)20(18,19)17(8-7-14)9-12-5-3-2-4-6-12/h2-6,10-11H,7-9H2,1H3. The summed E-state index contributed by atoms with van der Waals surface area (Å²) in [6.07, 6.45) is 3.00. The van der Waals surface area contributed by atoms with E-state index in [0.717, 1.165) is 5.56 Å². The third-order valence-corrected chi connectivity index (χ3v) is 4.91. The topological polar surface area (TPSA) is 55.2 Å². The lowest BCUT2D eigenvalue weighted by Crippen LogP contribution is -2.32. The molecule has 1 heterocycles. The first-order chi connectivity index (χ1) is 9.54. The minimum Gasteiger partial charge on any atom is -0.339 e. The number of nitrogens with zero attached hydrogens (tertiary/aromatic N) is 3. The van der Waals surface area contributed by atoms with Gasteiger partial charge in [-0.05, 0) is 5.56 Å². The van der Waals surface area contributed by atoms with Crippen LogP contribution in [0.1, 0.15) is 5.56 Å². The first kappa shape index (κ1) is 15.2. The van der Waals surface area contributed by atoms with Gasteiger partial charge >= 0.3 is 0 Å². The van der Waals surface area contributed by atoms with Gasteiger partial charge in [0.25, 0.3) is 10.0 Å². The maximum atomic E-state index is 12.6. The van der Waals surface area contributed by atoms with E-state index >= 15 is 0 Å². The van der Waals surface area contributed by atoms with E-state index in [-0.39, 0.29) is 5.03 Å². The summed E-state index contributed by atoms with van der Waals surface area (Å²) in [6.45, 7) is 0.735. The van der Waals surface area contributed by atoms with Crippen LogP contribution in [0.2, 0.25) is 0 Å². The van der Waals surface area contributed by atoms with Crippen LogP contribution in [0.25, 0.3) is 0 Å². The monoisotopic (exact) mass is 357 g/mol. The largest absolute Gasteiger partial charge is 0.339 e. The van der Waals surface area contributed by atoms with Gasteiger partial charge < -0.3 is 4.57 Å². The molecule has 0 bridgehead atoms. The lowest BCUT2D eigenvalue weighted by Gasteiger charge is -2.20. The molecular weight excluding hydrogens is 342 g/mol. The first-order valence-electron chi connectivity index (χ1n) is 6.12. The molecule has 2 rings (SSSR count). The Morgan fingerprint density at radius 3 is 2.55 bits per heavy atom. The van der Waals surface area contributed by atoms with E-state index in [1.54, 1.807) is 11.6 Å². The van der Waals surface area contributed by atoms with Crippen molar-refractivity contribution in [3.05, 3.63) is 48.4 Å². The van der Waals surface area contributed by atoms with Crippen LogP contribution in [0.4, 0.5) is 0 Å². The van der Waals surface area contributed by atoms with Crippen LogP contribution in [-0.2, 0) is 23.6 Å². The van der Waals surface area contributed by atoms with Crippen molar-refractivity contribution in [2.75, 3.05) is 11.9 Å². The summed E-state index contributed by atoms with van der Waals surface area (Å²) in [4.78, 5) is 3.95. The van der Waals surface area contributed by atoms with E-state index in [9.17, 15) is 8.42 Å². The minimum absolute atomic E-state index is 0.0804. The Morgan fingerprint density at radius 1 is 1.30 bits per heavy atom. The number of hydrogen-bond acceptors (Lipinski definition) is 3. The van der Waals surface area contributed by atoms with Crippen LogP contribution in [0.3, 0.4) is 0 Å². The summed E-state index contributed by atoms with van der Waals surface area (Å²) in [7, 11) is -1.82. The SMILES string of the molecule is Cn1cnc(S(=O)(=O)N(CCBr)Cc2ccccc2)c1. The average molecular weight is 358 g/mol. The summed E-state index contributed by atoms with van der Waals surface area (Å²) >= 11 is 3.30. The number of halogens is 1. The van der Waals surface area contributed by atoms with Crippen molar-refractivity contribution in [1.82, 2.24) is 13.9 Å². The van der Waals surface area contributed by atoms with Crippen molar-refractivity contribution in [1.29, 1.82) is 0 Å². The summed E-state index contributed by atoms with van der Waals surface area (Å²) in [5, 5.41) is 0.656. The molecular formula is C13H16BrN3O2S. The zero-order chi connectivity index (χ0) is 14.6. The summed E-state index contributed by atoms with van der Waals surface area (Å²) < 4.78 is 28.2. The van der Waals surface area contributed by atoms with Crippen molar-refractivity contribution >= 4 is 26.0 Å². The number of aryl methyl sites for hydroxylation is 1. The van der Waals surface area contributed by atoms with Gasteiger partial charge in [0.15, 0.2) is 5.03 Å². The Bertz CT molecular complexity index is 655. The number of imidazole rings is 1. The molecule has 0 radical (unpaired) electrons. The highest BCUT2D eigenvalue weighted by Gasteiger charge is 2.26. The van der Waals surface area contributed by atoms with E-state index in [0.29, 0.717) is 18.4 Å². The lowest BCUT2D eigenvalue weighted by atomic mass is 10.2. The third kappa shape index (κ3) is 3.47. The average Bonchev–Trinajstić information content (AvgIpc) is 2.87. The quantitative estimate of drug-likeness (QED) is 0.743. The fourth-order valence-electron chi connectivity index (χ4n) is 1.82. The first-order valence-corrected chi connectivity index (χ1v) is 8.68. The van der Waals surface area contributed by atoms with Crippen LogP contribution in [0.15, 0.2) is 47.9 Å². The number of rotatable bonds is 6. The highest BCUT2D eigenvalue weighted by molar-refractivity contribution is 9.09. The van der Waals surface area contributed by atoms with Crippen LogP contribution >= 0.6 is 15.9 Å². The van der Waals surface area contributed by atoms with E-state index in [1.807, 2.05) is 30.3 Å². The molecule has 5 nitrogen and oxygen atoms in total. The van der Waals surface area contributed by atoms with Crippen molar-refractivity contribution in [2.45, 2.75) is 11.6 Å². The molecule has 1 aromatic heterocycles. The molecule has 2 aromatic rings. The zero-order valence-corrected chi connectivity index (χ0v) is 13.5. The molecule has 0 unspecified atom stereocenters. The summed E-state index contributed by atoms with van der Waals surface area (Å²) in [5.41, 5.74) is 0.952. The molecule has 0 aliphatic heterocycles. The number of sulfonamides is 1. The van der Waals surface area contributed by atoms with Crippen molar-refractivity contribution in [3.63, 3.8) is 0 Å². The fourth-order valence-corrected chi connectivity index (χ4v) is 3.88. The predicted molar refractivity (Wildman–Crippen MR) is 81.0 cm³/mol. The number of aromatic nitrogens is 2. The van der Waals surface area contributed by atoms with Gasteiger partial charge in [0.05, 0.1) is 6.33 Å². The Kier molecular flexibility index (Phi) is 4.95. The number of benzene rings is 1. The van der Waals surface area contributed by atoms with Gasteiger partial charge in [0, 0.05) is 31.7 Å². The van der Waals surface area contributed by atoms with E-state index in [2.05, 4.69) is 20.9 Å². The Balaban J connectivity index is 2.28. The van der Waals surface area contributed by atoms with Gasteiger partial charge in [-0.2, -0.15) is 4.31 Å². The number of hydrogen-bond donors (Lipinski definition) is 0. The highest BCUT2D eigenvalue weighted by atomic mass is 79.9. The number of alkyl halides is 1. The van der Waals surface area contributed by atoms with E-state index < -0.39 is 10.0 Å². The highest BCUT2D eigenvalue weighted by Crippen LogP contribution is 2.16. The smallest absolute Gasteiger partial charge is 0.262 e. The van der Waals surface area contributed by atoms with Gasteiger partial charge in [-0.1, -0.05) is 46.3 Å². The van der Waals surface area contributed by atoms with Crippen molar-refractivity contribution < 1.29 is 8.42 Å². The van der Waals surface area contributed by atoms with E-state index in [4.69, 9.17) is 0 Å². The van der Waals surface area contributed by atoms with Crippen LogP contribution in [-0.4, -0.2) is 34.1 Å². The Morgan fingerprint density at radius 2 is 2.00 bits per heavy atom. The molecule has 0 amide bonds. The van der Waals surface area contributed by atoms with Crippen LogP contribution in [0, 0.1) is 0 Å². The maximum Gasteiger partial charge on any atom is 0.262 e. The second-order valence-electron chi connectivity index (χ2n) is 4.39. The molecule has 7 heteroatoms. The molecule has 0 N–H and O–H groups in total. The second-order valence-corrected chi connectivity index (χ2v) is 7.07. The van der Waals surface area contributed by atoms with Crippen molar-refractivity contribution in [2.24, 2.45) is 7.05 Å². The summed E-state index contributed by atoms with van der Waals surface area (Å²) in [5.74, 6) is 0. The van der Waals surface area contributed by atoms with Gasteiger partial charge in [0.1, 0.15) is 0 Å². The maximum absolute atomic E-state index is 12.6. The molecule has 0 saturated heterocycles. The molecule has 0 saturated carbocycles. The second kappa shape index (κ2) is 6.51. The molecule has 1 aromatic carbocycles. The predicted octanol–water partition coefficient (Wildman–Crippen LogP) is 2.01.